The average molecular weight is 265 g/mol. The molecule has 0 amide bonds. The third kappa shape index (κ3) is 2.43. The van der Waals surface area contributed by atoms with Crippen LogP contribution >= 0.6 is 27.5 Å². The lowest BCUT2D eigenvalue weighted by Gasteiger charge is -2.08. The highest BCUT2D eigenvalue weighted by Crippen LogP contribution is 2.25. The van der Waals surface area contributed by atoms with Crippen molar-refractivity contribution in [3.8, 4) is 0 Å². The molecule has 0 unspecified atom stereocenters. The summed E-state index contributed by atoms with van der Waals surface area (Å²) in [6.07, 6.45) is 0. The number of carboxylic acids is 1. The van der Waals surface area contributed by atoms with Crippen LogP contribution in [0.5, 0.6) is 0 Å². The predicted octanol–water partition coefficient (Wildman–Crippen LogP) is 2.19. The molecular formula is C8H7BrClNO2. The van der Waals surface area contributed by atoms with Gasteiger partial charge < -0.3 is 10.8 Å². The van der Waals surface area contributed by atoms with E-state index in [1.165, 1.54) is 0 Å². The van der Waals surface area contributed by atoms with E-state index in [9.17, 15) is 4.79 Å². The predicted molar refractivity (Wildman–Crippen MR) is 53.7 cm³/mol. The van der Waals surface area contributed by atoms with Crippen molar-refractivity contribution in [1.82, 2.24) is 0 Å². The van der Waals surface area contributed by atoms with Gasteiger partial charge in [-0.15, -0.1) is 0 Å². The van der Waals surface area contributed by atoms with Crippen molar-refractivity contribution in [2.75, 3.05) is 0 Å². The monoisotopic (exact) mass is 263 g/mol. The van der Waals surface area contributed by atoms with E-state index < -0.39 is 12.0 Å². The summed E-state index contributed by atoms with van der Waals surface area (Å²) in [6, 6.07) is 3.83. The number of nitrogens with two attached hydrogens (primary N) is 1. The zero-order valence-corrected chi connectivity index (χ0v) is 8.84. The Kier molecular flexibility index (Phi) is 3.30. The van der Waals surface area contributed by atoms with Gasteiger partial charge >= 0.3 is 5.97 Å². The highest BCUT2D eigenvalue weighted by Gasteiger charge is 2.16. The molecule has 1 atom stereocenters. The van der Waals surface area contributed by atoms with Crippen LogP contribution in [-0.4, -0.2) is 11.1 Å². The Balaban J connectivity index is 3.08. The van der Waals surface area contributed by atoms with Crippen molar-refractivity contribution in [1.29, 1.82) is 0 Å². The molecule has 0 saturated carbocycles. The minimum Gasteiger partial charge on any atom is -0.480 e. The number of carbonyl (C=O) groups is 1. The van der Waals surface area contributed by atoms with Gasteiger partial charge in [-0.1, -0.05) is 33.6 Å². The minimum absolute atomic E-state index is 0.351. The van der Waals surface area contributed by atoms with Crippen molar-refractivity contribution < 1.29 is 9.90 Å². The lowest BCUT2D eigenvalue weighted by atomic mass is 10.1. The van der Waals surface area contributed by atoms with Gasteiger partial charge in [0.05, 0.1) is 0 Å². The van der Waals surface area contributed by atoms with E-state index in [1.54, 1.807) is 18.2 Å². The maximum atomic E-state index is 10.5. The molecule has 0 radical (unpaired) electrons. The van der Waals surface area contributed by atoms with Gasteiger partial charge in [0.2, 0.25) is 0 Å². The zero-order chi connectivity index (χ0) is 10.0. The molecule has 0 spiro atoms. The Morgan fingerprint density at radius 3 is 2.69 bits per heavy atom. The largest absolute Gasteiger partial charge is 0.480 e. The summed E-state index contributed by atoms with van der Waals surface area (Å²) in [5.74, 6) is -1.09. The molecule has 0 aromatic heterocycles. The molecule has 0 aliphatic heterocycles. The van der Waals surface area contributed by atoms with Crippen molar-refractivity contribution in [3.05, 3.63) is 33.3 Å². The second-order valence-corrected chi connectivity index (χ2v) is 3.80. The van der Waals surface area contributed by atoms with Crippen LogP contribution in [0.25, 0.3) is 0 Å². The molecule has 0 aliphatic carbocycles. The smallest absolute Gasteiger partial charge is 0.325 e. The molecule has 3 N–H and O–H groups in total. The summed E-state index contributed by atoms with van der Waals surface area (Å²) in [5.41, 5.74) is 5.80. The van der Waals surface area contributed by atoms with Crippen LogP contribution in [0.4, 0.5) is 0 Å². The van der Waals surface area contributed by atoms with E-state index in [-0.39, 0.29) is 0 Å². The van der Waals surface area contributed by atoms with Gasteiger partial charge in [-0.3, -0.25) is 4.79 Å². The molecule has 0 saturated heterocycles. The normalized spacial score (nSPS) is 12.5. The lowest BCUT2D eigenvalue weighted by Crippen LogP contribution is -2.20. The Labute approximate surface area is 88.6 Å². The number of rotatable bonds is 2. The fourth-order valence-corrected chi connectivity index (χ4v) is 1.68. The quantitative estimate of drug-likeness (QED) is 0.860. The van der Waals surface area contributed by atoms with Crippen LogP contribution in [0.15, 0.2) is 22.7 Å². The standard InChI is InChI=1S/C8H7BrClNO2/c9-4-1-2-5(6(10)3-4)7(11)8(12)13/h1-3,7H,11H2,(H,12,13)/t7-/m0/s1. The first-order chi connectivity index (χ1) is 6.02. The Morgan fingerprint density at radius 2 is 2.23 bits per heavy atom. The van der Waals surface area contributed by atoms with Gasteiger partial charge in [0.15, 0.2) is 0 Å². The zero-order valence-electron chi connectivity index (χ0n) is 6.50. The van der Waals surface area contributed by atoms with Gasteiger partial charge in [0, 0.05) is 9.50 Å². The van der Waals surface area contributed by atoms with E-state index in [0.717, 1.165) is 4.47 Å². The number of hydrogen-bond donors (Lipinski definition) is 2. The summed E-state index contributed by atoms with van der Waals surface area (Å²) in [7, 11) is 0. The molecule has 0 fully saturated rings. The summed E-state index contributed by atoms with van der Waals surface area (Å²) in [5, 5.41) is 8.98. The van der Waals surface area contributed by atoms with Gasteiger partial charge in [-0.2, -0.15) is 0 Å². The number of benzene rings is 1. The van der Waals surface area contributed by atoms with Crippen molar-refractivity contribution >= 4 is 33.5 Å². The molecule has 1 rings (SSSR count). The Hall–Kier alpha value is -0.580. The maximum absolute atomic E-state index is 10.5. The lowest BCUT2D eigenvalue weighted by molar-refractivity contribution is -0.138. The second-order valence-electron chi connectivity index (χ2n) is 2.48. The SMILES string of the molecule is N[C@H](C(=O)O)c1ccc(Br)cc1Cl. The van der Waals surface area contributed by atoms with Crippen LogP contribution in [-0.2, 0) is 4.79 Å². The molecule has 1 aromatic rings. The number of halogens is 2. The van der Waals surface area contributed by atoms with Crippen LogP contribution in [0, 0.1) is 0 Å². The van der Waals surface area contributed by atoms with Gasteiger partial charge in [-0.05, 0) is 17.7 Å². The second kappa shape index (κ2) is 4.09. The first-order valence-corrected chi connectivity index (χ1v) is 4.63. The van der Waals surface area contributed by atoms with Crippen molar-refractivity contribution in [2.24, 2.45) is 5.73 Å². The fourth-order valence-electron chi connectivity index (χ4n) is 0.887. The van der Waals surface area contributed by atoms with Crippen LogP contribution in [0.1, 0.15) is 11.6 Å². The number of aliphatic carboxylic acids is 1. The van der Waals surface area contributed by atoms with Crippen LogP contribution in [0.2, 0.25) is 5.02 Å². The van der Waals surface area contributed by atoms with E-state index >= 15 is 0 Å². The summed E-state index contributed by atoms with van der Waals surface area (Å²) < 4.78 is 0.791. The fraction of sp³-hybridized carbons (Fsp3) is 0.125. The van der Waals surface area contributed by atoms with Crippen LogP contribution in [0.3, 0.4) is 0 Å². The topological polar surface area (TPSA) is 63.3 Å². The van der Waals surface area contributed by atoms with E-state index in [1.807, 2.05) is 0 Å². The number of hydrogen-bond acceptors (Lipinski definition) is 2. The summed E-state index contributed by atoms with van der Waals surface area (Å²) >= 11 is 9.00. The van der Waals surface area contributed by atoms with E-state index in [0.29, 0.717) is 10.6 Å². The molecular weight excluding hydrogens is 257 g/mol. The first kappa shape index (κ1) is 10.5. The highest BCUT2D eigenvalue weighted by atomic mass is 79.9. The third-order valence-corrected chi connectivity index (χ3v) is 2.38. The van der Waals surface area contributed by atoms with Gasteiger partial charge in [0.1, 0.15) is 6.04 Å². The summed E-state index contributed by atoms with van der Waals surface area (Å²) in [6.45, 7) is 0. The molecule has 0 bridgehead atoms. The highest BCUT2D eigenvalue weighted by molar-refractivity contribution is 9.10. The molecule has 5 heteroatoms. The summed E-state index contributed by atoms with van der Waals surface area (Å²) in [4.78, 5) is 10.5. The molecule has 13 heavy (non-hydrogen) atoms. The average Bonchev–Trinajstić information content (AvgIpc) is 2.03. The molecule has 0 heterocycles. The van der Waals surface area contributed by atoms with E-state index in [2.05, 4.69) is 15.9 Å². The maximum Gasteiger partial charge on any atom is 0.325 e. The Bertz CT molecular complexity index is 343. The van der Waals surface area contributed by atoms with Gasteiger partial charge in [0.25, 0.3) is 0 Å². The third-order valence-electron chi connectivity index (χ3n) is 1.56. The van der Waals surface area contributed by atoms with Gasteiger partial charge in [-0.25, -0.2) is 0 Å². The van der Waals surface area contributed by atoms with E-state index in [4.69, 9.17) is 22.4 Å². The molecule has 3 nitrogen and oxygen atoms in total. The van der Waals surface area contributed by atoms with Crippen molar-refractivity contribution in [2.45, 2.75) is 6.04 Å². The molecule has 0 aliphatic rings. The molecule has 1 aromatic carbocycles. The first-order valence-electron chi connectivity index (χ1n) is 3.45. The molecule has 70 valence electrons. The Morgan fingerprint density at radius 1 is 1.62 bits per heavy atom. The van der Waals surface area contributed by atoms with Crippen molar-refractivity contribution in [3.63, 3.8) is 0 Å². The minimum atomic E-state index is -1.09. The van der Waals surface area contributed by atoms with Crippen LogP contribution < -0.4 is 5.73 Å². The number of carboxylic acid groups (broad SMARTS) is 1.